The first-order valence-electron chi connectivity index (χ1n) is 7.52. The summed E-state index contributed by atoms with van der Waals surface area (Å²) in [5.41, 5.74) is -0.519. The second-order valence-electron chi connectivity index (χ2n) is 5.40. The molecular formula is C18H10ClF2N3O3. The van der Waals surface area contributed by atoms with Crippen LogP contribution in [0, 0.1) is 21.7 Å². The molecule has 136 valence electrons. The number of amides is 1. The maximum absolute atomic E-state index is 14.4. The molecule has 0 aliphatic heterocycles. The van der Waals surface area contributed by atoms with Crippen molar-refractivity contribution in [1.29, 1.82) is 0 Å². The summed E-state index contributed by atoms with van der Waals surface area (Å²) in [5, 5.41) is 13.5. The molecule has 0 saturated heterocycles. The van der Waals surface area contributed by atoms with E-state index < -0.39 is 28.2 Å². The van der Waals surface area contributed by atoms with E-state index >= 15 is 0 Å². The number of hydrogen-bond donors (Lipinski definition) is 1. The molecule has 0 aliphatic rings. The molecule has 0 spiro atoms. The van der Waals surface area contributed by atoms with Gasteiger partial charge in [-0.2, -0.15) is 0 Å². The summed E-state index contributed by atoms with van der Waals surface area (Å²) in [6, 6.07) is 9.61. The third-order valence-corrected chi connectivity index (χ3v) is 3.96. The molecule has 1 amide bonds. The van der Waals surface area contributed by atoms with Crippen LogP contribution in [0.15, 0.2) is 54.7 Å². The molecular weight excluding hydrogens is 380 g/mol. The number of anilines is 1. The lowest BCUT2D eigenvalue weighted by molar-refractivity contribution is -0.384. The maximum atomic E-state index is 14.4. The van der Waals surface area contributed by atoms with Crippen molar-refractivity contribution < 1.29 is 18.5 Å². The highest BCUT2D eigenvalue weighted by Gasteiger charge is 2.20. The Kier molecular flexibility index (Phi) is 5.09. The number of nitrogens with one attached hydrogen (secondary N) is 1. The molecule has 3 rings (SSSR count). The zero-order valence-electron chi connectivity index (χ0n) is 13.4. The highest BCUT2D eigenvalue weighted by Crippen LogP contribution is 2.28. The van der Waals surface area contributed by atoms with E-state index in [0.717, 1.165) is 18.2 Å². The molecule has 0 saturated carbocycles. The van der Waals surface area contributed by atoms with Gasteiger partial charge in [0.1, 0.15) is 17.3 Å². The summed E-state index contributed by atoms with van der Waals surface area (Å²) < 4.78 is 27.6. The molecule has 0 aliphatic carbocycles. The molecule has 27 heavy (non-hydrogen) atoms. The van der Waals surface area contributed by atoms with Gasteiger partial charge in [0, 0.05) is 11.8 Å². The fraction of sp³-hybridized carbons (Fsp3) is 0. The van der Waals surface area contributed by atoms with Crippen molar-refractivity contribution in [3.05, 3.63) is 87.1 Å². The van der Waals surface area contributed by atoms with Crippen LogP contribution in [0.2, 0.25) is 5.02 Å². The number of nitrogens with zero attached hydrogens (tertiary/aromatic N) is 2. The summed E-state index contributed by atoms with van der Waals surface area (Å²) in [5.74, 6) is -2.61. The largest absolute Gasteiger partial charge is 0.316 e. The van der Waals surface area contributed by atoms with Crippen molar-refractivity contribution in [2.45, 2.75) is 0 Å². The molecule has 1 N–H and O–H groups in total. The number of halogens is 3. The van der Waals surface area contributed by atoms with Crippen molar-refractivity contribution in [1.82, 2.24) is 4.98 Å². The second-order valence-corrected chi connectivity index (χ2v) is 5.81. The molecule has 1 heterocycles. The predicted molar refractivity (Wildman–Crippen MR) is 95.6 cm³/mol. The Bertz CT molecular complexity index is 1060. The smallest absolute Gasteiger partial charge is 0.295 e. The van der Waals surface area contributed by atoms with E-state index in [0.29, 0.717) is 22.3 Å². The van der Waals surface area contributed by atoms with Gasteiger partial charge in [-0.25, -0.2) is 8.78 Å². The van der Waals surface area contributed by atoms with E-state index in [-0.39, 0.29) is 11.3 Å². The van der Waals surface area contributed by atoms with Crippen molar-refractivity contribution in [2.75, 3.05) is 5.32 Å². The second kappa shape index (κ2) is 7.46. The fourth-order valence-corrected chi connectivity index (χ4v) is 2.63. The number of pyridine rings is 1. The lowest BCUT2D eigenvalue weighted by Gasteiger charge is -2.09. The Balaban J connectivity index is 1.91. The van der Waals surface area contributed by atoms with Crippen LogP contribution in [0.3, 0.4) is 0 Å². The molecule has 0 radical (unpaired) electrons. The number of benzene rings is 2. The van der Waals surface area contributed by atoms with Gasteiger partial charge in [-0.15, -0.1) is 0 Å². The molecule has 0 unspecified atom stereocenters. The monoisotopic (exact) mass is 389 g/mol. The lowest BCUT2D eigenvalue weighted by Crippen LogP contribution is -2.15. The van der Waals surface area contributed by atoms with Gasteiger partial charge in [0.15, 0.2) is 0 Å². The first-order chi connectivity index (χ1) is 12.9. The first-order valence-corrected chi connectivity index (χ1v) is 7.90. The average Bonchev–Trinajstić information content (AvgIpc) is 2.63. The van der Waals surface area contributed by atoms with Gasteiger partial charge >= 0.3 is 0 Å². The number of rotatable bonds is 4. The lowest BCUT2D eigenvalue weighted by atomic mass is 10.1. The number of carbonyl (C=O) groups is 1. The molecule has 0 fully saturated rings. The third kappa shape index (κ3) is 3.90. The predicted octanol–water partition coefficient (Wildman–Crippen LogP) is 4.84. The molecule has 0 atom stereocenters. The maximum Gasteiger partial charge on any atom is 0.295 e. The Hall–Kier alpha value is -3.39. The van der Waals surface area contributed by atoms with Gasteiger partial charge in [-0.1, -0.05) is 17.7 Å². The minimum absolute atomic E-state index is 0.248. The van der Waals surface area contributed by atoms with Gasteiger partial charge in [-0.05, 0) is 36.4 Å². The van der Waals surface area contributed by atoms with Crippen molar-refractivity contribution >= 4 is 28.9 Å². The Morgan fingerprint density at radius 3 is 2.59 bits per heavy atom. The third-order valence-electron chi connectivity index (χ3n) is 3.65. The Labute approximate surface area is 156 Å². The van der Waals surface area contributed by atoms with E-state index in [1.807, 2.05) is 0 Å². The summed E-state index contributed by atoms with van der Waals surface area (Å²) in [6.07, 6.45) is 1.49. The van der Waals surface area contributed by atoms with E-state index in [9.17, 15) is 23.7 Å². The van der Waals surface area contributed by atoms with Gasteiger partial charge < -0.3 is 5.32 Å². The minimum Gasteiger partial charge on any atom is -0.316 e. The molecule has 1 aromatic heterocycles. The minimum atomic E-state index is -0.916. The summed E-state index contributed by atoms with van der Waals surface area (Å²) in [4.78, 5) is 26.5. The standard InChI is InChI=1S/C18H10ClF2N3O3/c19-13-2-1-7-22-17(13)10-3-5-12(14(21)8-10)18(25)23-15-6-4-11(20)9-16(15)24(26)27/h1-9H,(H,23,25). The summed E-state index contributed by atoms with van der Waals surface area (Å²) in [7, 11) is 0. The SMILES string of the molecule is O=C(Nc1ccc(F)cc1[N+](=O)[O-])c1ccc(-c2ncccc2Cl)cc1F. The summed E-state index contributed by atoms with van der Waals surface area (Å²) >= 11 is 6.02. The Morgan fingerprint density at radius 1 is 1.15 bits per heavy atom. The normalized spacial score (nSPS) is 10.5. The van der Waals surface area contributed by atoms with Gasteiger partial charge in [-0.3, -0.25) is 19.9 Å². The highest BCUT2D eigenvalue weighted by molar-refractivity contribution is 6.33. The van der Waals surface area contributed by atoms with Crippen molar-refractivity contribution in [2.24, 2.45) is 0 Å². The van der Waals surface area contributed by atoms with Crippen LogP contribution in [0.4, 0.5) is 20.2 Å². The zero-order valence-corrected chi connectivity index (χ0v) is 14.2. The summed E-state index contributed by atoms with van der Waals surface area (Å²) in [6.45, 7) is 0. The average molecular weight is 390 g/mol. The topological polar surface area (TPSA) is 85.1 Å². The molecule has 3 aromatic rings. The highest BCUT2D eigenvalue weighted by atomic mass is 35.5. The fourth-order valence-electron chi connectivity index (χ4n) is 2.40. The van der Waals surface area contributed by atoms with E-state index in [4.69, 9.17) is 11.6 Å². The number of nitro benzene ring substituents is 1. The van der Waals surface area contributed by atoms with E-state index in [2.05, 4.69) is 10.3 Å². The molecule has 0 bridgehead atoms. The number of hydrogen-bond acceptors (Lipinski definition) is 4. The number of carbonyl (C=O) groups excluding carboxylic acids is 1. The van der Waals surface area contributed by atoms with Crippen LogP contribution >= 0.6 is 11.6 Å². The van der Waals surface area contributed by atoms with Crippen LogP contribution < -0.4 is 5.32 Å². The van der Waals surface area contributed by atoms with Crippen molar-refractivity contribution in [3.8, 4) is 11.3 Å². The van der Waals surface area contributed by atoms with E-state index in [1.165, 1.54) is 18.3 Å². The Morgan fingerprint density at radius 2 is 1.93 bits per heavy atom. The van der Waals surface area contributed by atoms with Gasteiger partial charge in [0.05, 0.1) is 27.3 Å². The van der Waals surface area contributed by atoms with Gasteiger partial charge in [0.25, 0.3) is 11.6 Å². The molecule has 2 aromatic carbocycles. The molecule has 9 heteroatoms. The van der Waals surface area contributed by atoms with Crippen LogP contribution in [-0.2, 0) is 0 Å². The van der Waals surface area contributed by atoms with Crippen LogP contribution in [0.1, 0.15) is 10.4 Å². The van der Waals surface area contributed by atoms with Crippen LogP contribution in [0.25, 0.3) is 11.3 Å². The molecule has 6 nitrogen and oxygen atoms in total. The van der Waals surface area contributed by atoms with Crippen molar-refractivity contribution in [3.63, 3.8) is 0 Å². The van der Waals surface area contributed by atoms with Crippen LogP contribution in [0.5, 0.6) is 0 Å². The van der Waals surface area contributed by atoms with Gasteiger partial charge in [0.2, 0.25) is 0 Å². The first kappa shape index (κ1) is 18.4. The zero-order chi connectivity index (χ0) is 19.6. The quantitative estimate of drug-likeness (QED) is 0.511. The number of nitro groups is 1. The van der Waals surface area contributed by atoms with Crippen LogP contribution in [-0.4, -0.2) is 15.8 Å². The number of aromatic nitrogens is 1. The van der Waals surface area contributed by atoms with E-state index in [1.54, 1.807) is 12.1 Å².